The van der Waals surface area contributed by atoms with E-state index < -0.39 is 5.97 Å². The lowest BCUT2D eigenvalue weighted by atomic mass is 9.95. The first-order chi connectivity index (χ1) is 9.13. The molecule has 0 aromatic heterocycles. The minimum Gasteiger partial charge on any atom is -0.480 e. The van der Waals surface area contributed by atoms with Gasteiger partial charge in [0.1, 0.15) is 6.61 Å². The van der Waals surface area contributed by atoms with Crippen LogP contribution < -0.4 is 5.32 Å². The number of amides is 2. The molecule has 0 radical (unpaired) electrons. The van der Waals surface area contributed by atoms with Crippen molar-refractivity contribution in [1.82, 2.24) is 10.2 Å². The minimum absolute atomic E-state index is 0.151. The summed E-state index contributed by atoms with van der Waals surface area (Å²) in [6.07, 6.45) is 2.73. The smallest absolute Gasteiger partial charge is 0.329 e. The Morgan fingerprint density at radius 1 is 1.42 bits per heavy atom. The molecule has 110 valence electrons. The lowest BCUT2D eigenvalue weighted by Gasteiger charge is -2.32. The van der Waals surface area contributed by atoms with Gasteiger partial charge in [-0.15, -0.1) is 0 Å². The van der Waals surface area contributed by atoms with Gasteiger partial charge in [0.25, 0.3) is 0 Å². The molecule has 1 fully saturated rings. The summed E-state index contributed by atoms with van der Waals surface area (Å²) < 4.78 is 4.83. The zero-order chi connectivity index (χ0) is 14.1. The first kappa shape index (κ1) is 15.7. The Morgan fingerprint density at radius 2 is 2.21 bits per heavy atom. The van der Waals surface area contributed by atoms with E-state index in [0.717, 1.165) is 25.8 Å². The van der Waals surface area contributed by atoms with Crippen molar-refractivity contribution in [2.24, 2.45) is 5.92 Å². The number of nitrogens with one attached hydrogen (secondary N) is 1. The van der Waals surface area contributed by atoms with Crippen molar-refractivity contribution in [3.8, 4) is 0 Å². The van der Waals surface area contributed by atoms with Gasteiger partial charge >= 0.3 is 12.0 Å². The highest BCUT2D eigenvalue weighted by Gasteiger charge is 2.22. The van der Waals surface area contributed by atoms with Crippen LogP contribution in [0.25, 0.3) is 0 Å². The fraction of sp³-hybridized carbons (Fsp3) is 0.833. The number of piperidine rings is 1. The van der Waals surface area contributed by atoms with Crippen LogP contribution >= 0.6 is 0 Å². The summed E-state index contributed by atoms with van der Waals surface area (Å²) in [6, 6.07) is -0.151. The van der Waals surface area contributed by atoms with Crippen LogP contribution in [0.2, 0.25) is 0 Å². The maximum atomic E-state index is 11.8. The quantitative estimate of drug-likeness (QED) is 0.563. The molecule has 1 aliphatic heterocycles. The van der Waals surface area contributed by atoms with Crippen molar-refractivity contribution in [2.45, 2.75) is 19.3 Å². The predicted octanol–water partition coefficient (Wildman–Crippen LogP) is -0.108. The summed E-state index contributed by atoms with van der Waals surface area (Å²) in [5, 5.41) is 20.0. The van der Waals surface area contributed by atoms with E-state index in [1.54, 1.807) is 4.90 Å². The van der Waals surface area contributed by atoms with E-state index in [1.807, 2.05) is 0 Å². The summed E-state index contributed by atoms with van der Waals surface area (Å²) in [5.41, 5.74) is 0. The first-order valence-corrected chi connectivity index (χ1v) is 6.56. The van der Waals surface area contributed by atoms with Crippen molar-refractivity contribution in [2.75, 3.05) is 39.5 Å². The highest BCUT2D eigenvalue weighted by molar-refractivity contribution is 5.74. The molecule has 0 aromatic carbocycles. The minimum atomic E-state index is -1.02. The fourth-order valence-corrected chi connectivity index (χ4v) is 2.17. The van der Waals surface area contributed by atoms with E-state index in [1.165, 1.54) is 0 Å². The van der Waals surface area contributed by atoms with Crippen LogP contribution in [0.4, 0.5) is 4.79 Å². The fourth-order valence-electron chi connectivity index (χ4n) is 2.17. The Bertz CT molecular complexity index is 296. The zero-order valence-corrected chi connectivity index (χ0v) is 11.0. The molecule has 19 heavy (non-hydrogen) atoms. The highest BCUT2D eigenvalue weighted by Crippen LogP contribution is 2.18. The van der Waals surface area contributed by atoms with Crippen LogP contribution in [-0.2, 0) is 9.53 Å². The van der Waals surface area contributed by atoms with Crippen molar-refractivity contribution in [3.63, 3.8) is 0 Å². The van der Waals surface area contributed by atoms with E-state index in [9.17, 15) is 9.59 Å². The predicted molar refractivity (Wildman–Crippen MR) is 67.9 cm³/mol. The third-order valence-electron chi connectivity index (χ3n) is 3.09. The number of likely N-dealkylation sites (tertiary alicyclic amines) is 1. The third kappa shape index (κ3) is 6.40. The van der Waals surface area contributed by atoms with Gasteiger partial charge in [-0.05, 0) is 25.2 Å². The third-order valence-corrected chi connectivity index (χ3v) is 3.09. The van der Waals surface area contributed by atoms with Gasteiger partial charge in [-0.1, -0.05) is 0 Å². The number of carbonyl (C=O) groups excluding carboxylic acids is 1. The molecule has 1 atom stereocenters. The molecule has 0 saturated carbocycles. The Morgan fingerprint density at radius 3 is 2.89 bits per heavy atom. The van der Waals surface area contributed by atoms with Crippen LogP contribution in [0.5, 0.6) is 0 Å². The van der Waals surface area contributed by atoms with E-state index in [2.05, 4.69) is 5.32 Å². The molecule has 0 aliphatic carbocycles. The van der Waals surface area contributed by atoms with Gasteiger partial charge < -0.3 is 25.2 Å². The molecule has 0 bridgehead atoms. The van der Waals surface area contributed by atoms with Gasteiger partial charge in [0.15, 0.2) is 0 Å². The van der Waals surface area contributed by atoms with Crippen LogP contribution in [0.15, 0.2) is 0 Å². The second-order valence-corrected chi connectivity index (χ2v) is 4.64. The average Bonchev–Trinajstić information content (AvgIpc) is 2.38. The number of rotatable bonds is 7. The van der Waals surface area contributed by atoms with E-state index in [-0.39, 0.29) is 25.9 Å². The molecule has 0 spiro atoms. The number of urea groups is 1. The Kier molecular flexibility index (Phi) is 7.20. The Labute approximate surface area is 112 Å². The number of carbonyl (C=O) groups is 2. The zero-order valence-electron chi connectivity index (χ0n) is 11.0. The number of aliphatic hydroxyl groups excluding tert-OH is 1. The SMILES string of the molecule is O=C(O)COCCNC(=O)N1CCCC(CCO)C1. The second kappa shape index (κ2) is 8.71. The monoisotopic (exact) mass is 274 g/mol. The van der Waals surface area contributed by atoms with Crippen molar-refractivity contribution in [1.29, 1.82) is 0 Å². The number of carboxylic acids is 1. The normalized spacial score (nSPS) is 19.2. The highest BCUT2D eigenvalue weighted by atomic mass is 16.5. The molecular formula is C12H22N2O5. The number of aliphatic carboxylic acids is 1. The summed E-state index contributed by atoms with van der Waals surface area (Å²) in [6.45, 7) is 1.69. The van der Waals surface area contributed by atoms with Gasteiger partial charge in [0, 0.05) is 26.2 Å². The number of carboxylic acid groups (broad SMARTS) is 1. The van der Waals surface area contributed by atoms with Crippen molar-refractivity contribution >= 4 is 12.0 Å². The maximum absolute atomic E-state index is 11.8. The number of ether oxygens (including phenoxy) is 1. The standard InChI is InChI=1S/C12H22N2O5/c15-6-3-10-2-1-5-14(8-10)12(18)13-4-7-19-9-11(16)17/h10,15H,1-9H2,(H,13,18)(H,16,17). The van der Waals surface area contributed by atoms with Gasteiger partial charge in [0.2, 0.25) is 0 Å². The van der Waals surface area contributed by atoms with Crippen molar-refractivity contribution in [3.05, 3.63) is 0 Å². The summed E-state index contributed by atoms with van der Waals surface area (Å²) in [4.78, 5) is 23.8. The molecule has 7 heteroatoms. The summed E-state index contributed by atoms with van der Waals surface area (Å²) >= 11 is 0. The lowest BCUT2D eigenvalue weighted by Crippen LogP contribution is -2.46. The maximum Gasteiger partial charge on any atom is 0.329 e. The molecule has 0 aromatic rings. The largest absolute Gasteiger partial charge is 0.480 e. The summed E-state index contributed by atoms with van der Waals surface area (Å²) in [7, 11) is 0. The molecule has 3 N–H and O–H groups in total. The van der Waals surface area contributed by atoms with Gasteiger partial charge in [0.05, 0.1) is 6.61 Å². The van der Waals surface area contributed by atoms with E-state index >= 15 is 0 Å². The van der Waals surface area contributed by atoms with E-state index in [4.69, 9.17) is 14.9 Å². The topological polar surface area (TPSA) is 99.1 Å². The number of aliphatic hydroxyl groups is 1. The number of hydrogen-bond donors (Lipinski definition) is 3. The number of hydrogen-bond acceptors (Lipinski definition) is 4. The summed E-state index contributed by atoms with van der Waals surface area (Å²) in [5.74, 6) is -0.651. The second-order valence-electron chi connectivity index (χ2n) is 4.64. The lowest BCUT2D eigenvalue weighted by molar-refractivity contribution is -0.142. The molecular weight excluding hydrogens is 252 g/mol. The van der Waals surface area contributed by atoms with Gasteiger partial charge in [-0.2, -0.15) is 0 Å². The van der Waals surface area contributed by atoms with E-state index in [0.29, 0.717) is 19.0 Å². The van der Waals surface area contributed by atoms with Gasteiger partial charge in [-0.3, -0.25) is 0 Å². The average molecular weight is 274 g/mol. The van der Waals surface area contributed by atoms with Crippen LogP contribution in [0.3, 0.4) is 0 Å². The number of nitrogens with zero attached hydrogens (tertiary/aromatic N) is 1. The Balaban J connectivity index is 2.16. The van der Waals surface area contributed by atoms with Gasteiger partial charge in [-0.25, -0.2) is 9.59 Å². The molecule has 2 amide bonds. The molecule has 1 rings (SSSR count). The molecule has 7 nitrogen and oxygen atoms in total. The van der Waals surface area contributed by atoms with Crippen LogP contribution in [-0.4, -0.2) is 66.6 Å². The molecule has 1 aliphatic rings. The Hall–Kier alpha value is -1.34. The first-order valence-electron chi connectivity index (χ1n) is 6.56. The molecule has 1 saturated heterocycles. The van der Waals surface area contributed by atoms with Crippen molar-refractivity contribution < 1.29 is 24.5 Å². The van der Waals surface area contributed by atoms with Crippen LogP contribution in [0, 0.1) is 5.92 Å². The molecule has 1 heterocycles. The van der Waals surface area contributed by atoms with Crippen LogP contribution in [0.1, 0.15) is 19.3 Å². The molecule has 1 unspecified atom stereocenters.